The van der Waals surface area contributed by atoms with E-state index in [2.05, 4.69) is 5.32 Å². The number of halogens is 2. The molecule has 0 spiro atoms. The molecular weight excluding hydrogens is 272 g/mol. The van der Waals surface area contributed by atoms with Crippen LogP contribution >= 0.6 is 0 Å². The van der Waals surface area contributed by atoms with Gasteiger partial charge in [-0.05, 0) is 25.5 Å². The lowest BCUT2D eigenvalue weighted by molar-refractivity contribution is 0.0688. The Bertz CT molecular complexity index is 562. The number of hydrogen-bond acceptors (Lipinski definition) is 3. The lowest BCUT2D eigenvalue weighted by atomic mass is 10.0. The van der Waals surface area contributed by atoms with Gasteiger partial charge in [0, 0.05) is 6.61 Å². The normalized spacial score (nSPS) is 21.8. The average Bonchev–Trinajstić information content (AvgIpc) is 2.77. The Morgan fingerprint density at radius 3 is 2.40 bits per heavy atom. The molecule has 5 nitrogen and oxygen atoms in total. The molecule has 1 aliphatic rings. The zero-order valence-electron chi connectivity index (χ0n) is 10.7. The molecule has 1 fully saturated rings. The Morgan fingerprint density at radius 1 is 1.30 bits per heavy atom. The van der Waals surface area contributed by atoms with E-state index in [0.717, 1.165) is 0 Å². The van der Waals surface area contributed by atoms with E-state index < -0.39 is 34.6 Å². The van der Waals surface area contributed by atoms with E-state index >= 15 is 0 Å². The predicted octanol–water partition coefficient (Wildman–Crippen LogP) is 1.57. The van der Waals surface area contributed by atoms with E-state index in [0.29, 0.717) is 25.2 Å². The van der Waals surface area contributed by atoms with Crippen molar-refractivity contribution in [3.63, 3.8) is 0 Å². The Hall–Kier alpha value is -2.02. The second-order valence-corrected chi connectivity index (χ2v) is 4.56. The summed E-state index contributed by atoms with van der Waals surface area (Å²) >= 11 is 0. The summed E-state index contributed by atoms with van der Waals surface area (Å²) in [5.41, 5.74) is -0.983. The van der Waals surface area contributed by atoms with Crippen LogP contribution in [0.2, 0.25) is 0 Å². The molecule has 1 aromatic carbocycles. The first-order chi connectivity index (χ1) is 9.40. The molecule has 7 heteroatoms. The molecule has 1 saturated heterocycles. The topological polar surface area (TPSA) is 75.6 Å². The van der Waals surface area contributed by atoms with Crippen molar-refractivity contribution in [2.75, 3.05) is 6.61 Å². The molecule has 0 aromatic heterocycles. The van der Waals surface area contributed by atoms with Crippen molar-refractivity contribution >= 4 is 11.9 Å². The number of rotatable bonds is 3. The molecule has 0 radical (unpaired) electrons. The summed E-state index contributed by atoms with van der Waals surface area (Å²) in [6.07, 6.45) is 0.372. The lowest BCUT2D eigenvalue weighted by Gasteiger charge is -2.16. The van der Waals surface area contributed by atoms with Gasteiger partial charge in [0.25, 0.3) is 5.91 Å². The molecule has 0 bridgehead atoms. The van der Waals surface area contributed by atoms with Gasteiger partial charge in [-0.3, -0.25) is 4.79 Å². The van der Waals surface area contributed by atoms with E-state index in [4.69, 9.17) is 9.84 Å². The molecule has 1 aliphatic heterocycles. The number of benzene rings is 1. The minimum absolute atomic E-state index is 0.211. The average molecular weight is 285 g/mol. The Morgan fingerprint density at radius 2 is 1.90 bits per heavy atom. The maximum atomic E-state index is 13.2. The van der Waals surface area contributed by atoms with Gasteiger partial charge in [0.2, 0.25) is 0 Å². The van der Waals surface area contributed by atoms with Crippen LogP contribution in [0.5, 0.6) is 0 Å². The first-order valence-electron chi connectivity index (χ1n) is 6.05. The number of carboxylic acid groups (broad SMARTS) is 1. The third kappa shape index (κ3) is 2.77. The van der Waals surface area contributed by atoms with Gasteiger partial charge >= 0.3 is 5.97 Å². The molecule has 0 aliphatic carbocycles. The smallest absolute Gasteiger partial charge is 0.336 e. The van der Waals surface area contributed by atoms with E-state index in [1.807, 2.05) is 0 Å². The second kappa shape index (κ2) is 5.54. The summed E-state index contributed by atoms with van der Waals surface area (Å²) in [7, 11) is 0. The van der Waals surface area contributed by atoms with Crippen molar-refractivity contribution in [1.82, 2.24) is 5.32 Å². The molecule has 2 atom stereocenters. The fourth-order valence-electron chi connectivity index (χ4n) is 2.08. The van der Waals surface area contributed by atoms with Crippen molar-refractivity contribution in [2.24, 2.45) is 0 Å². The van der Waals surface area contributed by atoms with Crippen molar-refractivity contribution in [3.05, 3.63) is 34.9 Å². The van der Waals surface area contributed by atoms with Crippen LogP contribution in [-0.2, 0) is 4.74 Å². The first kappa shape index (κ1) is 14.4. The van der Waals surface area contributed by atoms with Gasteiger partial charge in [0.15, 0.2) is 11.6 Å². The fourth-order valence-corrected chi connectivity index (χ4v) is 2.08. The lowest BCUT2D eigenvalue weighted by Crippen LogP contribution is -2.39. The Balaban J connectivity index is 2.29. The largest absolute Gasteiger partial charge is 0.478 e. The highest BCUT2D eigenvalue weighted by Crippen LogP contribution is 2.18. The summed E-state index contributed by atoms with van der Waals surface area (Å²) in [5, 5.41) is 11.5. The molecule has 108 valence electrons. The SMILES string of the molecule is CC1OCCC1NC(=O)c1cc(F)c(F)cc1C(=O)O. The number of carbonyl (C=O) groups is 2. The van der Waals surface area contributed by atoms with Crippen LogP contribution in [0.15, 0.2) is 12.1 Å². The van der Waals surface area contributed by atoms with Crippen molar-refractivity contribution in [2.45, 2.75) is 25.5 Å². The summed E-state index contributed by atoms with van der Waals surface area (Å²) in [5.74, 6) is -4.83. The third-order valence-corrected chi connectivity index (χ3v) is 3.23. The van der Waals surface area contributed by atoms with Crippen molar-refractivity contribution < 1.29 is 28.2 Å². The van der Waals surface area contributed by atoms with Crippen LogP contribution in [0.25, 0.3) is 0 Å². The van der Waals surface area contributed by atoms with E-state index in [1.54, 1.807) is 6.92 Å². The van der Waals surface area contributed by atoms with Crippen molar-refractivity contribution in [3.8, 4) is 0 Å². The summed E-state index contributed by atoms with van der Waals surface area (Å²) in [6.45, 7) is 2.25. The number of ether oxygens (including phenoxy) is 1. The molecule has 0 saturated carbocycles. The molecule has 2 unspecified atom stereocenters. The molecule has 20 heavy (non-hydrogen) atoms. The number of carbonyl (C=O) groups excluding carboxylic acids is 1. The zero-order chi connectivity index (χ0) is 14.9. The van der Waals surface area contributed by atoms with Gasteiger partial charge in [0.05, 0.1) is 23.3 Å². The fraction of sp³-hybridized carbons (Fsp3) is 0.385. The van der Waals surface area contributed by atoms with Gasteiger partial charge in [0.1, 0.15) is 0 Å². The van der Waals surface area contributed by atoms with Crippen molar-refractivity contribution in [1.29, 1.82) is 0 Å². The van der Waals surface area contributed by atoms with E-state index in [1.165, 1.54) is 0 Å². The van der Waals surface area contributed by atoms with Crippen LogP contribution in [0, 0.1) is 11.6 Å². The predicted molar refractivity (Wildman–Crippen MR) is 64.6 cm³/mol. The number of amides is 1. The minimum atomic E-state index is -1.50. The number of carboxylic acids is 1. The Labute approximate surface area is 113 Å². The number of aromatic carboxylic acids is 1. The van der Waals surface area contributed by atoms with Crippen LogP contribution in [0.1, 0.15) is 34.1 Å². The van der Waals surface area contributed by atoms with Gasteiger partial charge in [-0.1, -0.05) is 0 Å². The van der Waals surface area contributed by atoms with Gasteiger partial charge < -0.3 is 15.2 Å². The van der Waals surface area contributed by atoms with Crippen LogP contribution < -0.4 is 5.32 Å². The standard InChI is InChI=1S/C13H13F2NO4/c1-6-11(2-3-20-6)16-12(17)7-4-9(14)10(15)5-8(7)13(18)19/h4-6,11H,2-3H2,1H3,(H,16,17)(H,18,19). The quantitative estimate of drug-likeness (QED) is 0.884. The molecule has 1 heterocycles. The van der Waals surface area contributed by atoms with Crippen LogP contribution in [0.3, 0.4) is 0 Å². The highest BCUT2D eigenvalue weighted by molar-refractivity contribution is 6.04. The molecule has 2 rings (SSSR count). The maximum absolute atomic E-state index is 13.2. The number of hydrogen-bond donors (Lipinski definition) is 2. The second-order valence-electron chi connectivity index (χ2n) is 4.56. The van der Waals surface area contributed by atoms with Gasteiger partial charge in [-0.15, -0.1) is 0 Å². The van der Waals surface area contributed by atoms with Crippen LogP contribution in [0.4, 0.5) is 8.78 Å². The third-order valence-electron chi connectivity index (χ3n) is 3.23. The maximum Gasteiger partial charge on any atom is 0.336 e. The Kier molecular flexibility index (Phi) is 3.99. The molecular formula is C13H13F2NO4. The van der Waals surface area contributed by atoms with E-state index in [9.17, 15) is 18.4 Å². The first-order valence-corrected chi connectivity index (χ1v) is 6.05. The van der Waals surface area contributed by atoms with Gasteiger partial charge in [-0.25, -0.2) is 13.6 Å². The zero-order valence-corrected chi connectivity index (χ0v) is 10.7. The van der Waals surface area contributed by atoms with Crippen LogP contribution in [-0.4, -0.2) is 35.7 Å². The van der Waals surface area contributed by atoms with Gasteiger partial charge in [-0.2, -0.15) is 0 Å². The summed E-state index contributed by atoms with van der Waals surface area (Å²) in [6, 6.07) is 0.813. The molecule has 1 aromatic rings. The molecule has 1 amide bonds. The summed E-state index contributed by atoms with van der Waals surface area (Å²) in [4.78, 5) is 23.0. The minimum Gasteiger partial charge on any atom is -0.478 e. The summed E-state index contributed by atoms with van der Waals surface area (Å²) < 4.78 is 31.5. The highest BCUT2D eigenvalue weighted by Gasteiger charge is 2.28. The monoisotopic (exact) mass is 285 g/mol. The molecule has 2 N–H and O–H groups in total. The number of nitrogens with one attached hydrogen (secondary N) is 1. The van der Waals surface area contributed by atoms with E-state index in [-0.39, 0.29) is 12.1 Å². The highest BCUT2D eigenvalue weighted by atomic mass is 19.2.